The smallest absolute Gasteiger partial charge is 0.0679 e. The average Bonchev–Trinajstić information content (AvgIpc) is 2.49. The summed E-state index contributed by atoms with van der Waals surface area (Å²) in [4.78, 5) is 0. The summed E-state index contributed by atoms with van der Waals surface area (Å²) in [6.45, 7) is 4.91. The zero-order chi connectivity index (χ0) is 15.1. The molecule has 0 aliphatic rings. The first kappa shape index (κ1) is 16.1. The maximum Gasteiger partial charge on any atom is 0.0679 e. The summed E-state index contributed by atoms with van der Waals surface area (Å²) in [5.41, 5.74) is 5.37. The number of thiol groups is 1. The number of benzene rings is 2. The molecule has 0 aliphatic heterocycles. The Morgan fingerprint density at radius 3 is 2.05 bits per heavy atom. The monoisotopic (exact) mass is 300 g/mol. The van der Waals surface area contributed by atoms with E-state index in [9.17, 15) is 0 Å². The molecule has 2 heteroatoms. The van der Waals surface area contributed by atoms with Gasteiger partial charge < -0.3 is 4.18 Å². The summed E-state index contributed by atoms with van der Waals surface area (Å²) in [5, 5.41) is 0. The van der Waals surface area contributed by atoms with Crippen LogP contribution in [0.5, 0.6) is 0 Å². The summed E-state index contributed by atoms with van der Waals surface area (Å²) in [7, 11) is 0. The second-order valence-corrected chi connectivity index (χ2v) is 6.04. The zero-order valence-corrected chi connectivity index (χ0v) is 13.8. The molecule has 0 saturated heterocycles. The van der Waals surface area contributed by atoms with Crippen LogP contribution in [-0.2, 0) is 10.6 Å². The third-order valence-electron chi connectivity index (χ3n) is 3.96. The molecule has 0 saturated carbocycles. The Kier molecular flexibility index (Phi) is 6.34. The molecule has 2 rings (SSSR count). The fourth-order valence-electron chi connectivity index (χ4n) is 2.58. The first-order chi connectivity index (χ1) is 10.2. The lowest BCUT2D eigenvalue weighted by molar-refractivity contribution is 0.330. The fraction of sp³-hybridized carbons (Fsp3) is 0.368. The molecule has 21 heavy (non-hydrogen) atoms. The highest BCUT2D eigenvalue weighted by Gasteiger charge is 2.11. The Balaban J connectivity index is 1.90. The van der Waals surface area contributed by atoms with Gasteiger partial charge in [0.15, 0.2) is 0 Å². The van der Waals surface area contributed by atoms with Crippen molar-refractivity contribution >= 4 is 12.9 Å². The molecule has 0 amide bonds. The van der Waals surface area contributed by atoms with E-state index in [1.807, 2.05) is 0 Å². The van der Waals surface area contributed by atoms with Crippen molar-refractivity contribution in [3.63, 3.8) is 0 Å². The molecule has 2 aromatic carbocycles. The third-order valence-corrected chi connectivity index (χ3v) is 4.11. The summed E-state index contributed by atoms with van der Waals surface area (Å²) >= 11 is 3.93. The van der Waals surface area contributed by atoms with E-state index >= 15 is 0 Å². The van der Waals surface area contributed by atoms with Crippen molar-refractivity contribution < 1.29 is 4.18 Å². The largest absolute Gasteiger partial charge is 0.318 e. The first-order valence-corrected chi connectivity index (χ1v) is 7.94. The van der Waals surface area contributed by atoms with E-state index in [1.54, 1.807) is 0 Å². The highest BCUT2D eigenvalue weighted by atomic mass is 32.1. The van der Waals surface area contributed by atoms with Crippen molar-refractivity contribution in [2.24, 2.45) is 0 Å². The minimum absolute atomic E-state index is 0.425. The van der Waals surface area contributed by atoms with Gasteiger partial charge in [0.1, 0.15) is 0 Å². The second-order valence-electron chi connectivity index (χ2n) is 5.78. The molecule has 1 nitrogen and oxygen atoms in total. The van der Waals surface area contributed by atoms with Gasteiger partial charge in [-0.05, 0) is 57.1 Å². The van der Waals surface area contributed by atoms with Crippen molar-refractivity contribution in [1.82, 2.24) is 0 Å². The molecular formula is C19H24OS. The topological polar surface area (TPSA) is 9.23 Å². The molecule has 1 unspecified atom stereocenters. The van der Waals surface area contributed by atoms with Gasteiger partial charge in [0.2, 0.25) is 0 Å². The molecule has 0 aliphatic carbocycles. The Bertz CT molecular complexity index is 530. The molecule has 0 spiro atoms. The van der Waals surface area contributed by atoms with Crippen LogP contribution in [0.15, 0.2) is 48.5 Å². The molecule has 112 valence electrons. The molecule has 1 atom stereocenters. The third kappa shape index (κ3) is 5.22. The molecule has 0 N–H and O–H groups in total. The number of hydrogen-bond donors (Lipinski definition) is 1. The SMILES string of the molecule is Cc1ccc(CCCC(COS)c2ccc(C)cc2)cc1. The molecule has 2 aromatic rings. The Morgan fingerprint density at radius 2 is 1.48 bits per heavy atom. The maximum absolute atomic E-state index is 5.10. The van der Waals surface area contributed by atoms with Crippen LogP contribution in [0.1, 0.15) is 41.0 Å². The Morgan fingerprint density at radius 1 is 0.905 bits per heavy atom. The fourth-order valence-corrected chi connectivity index (χ4v) is 2.76. The van der Waals surface area contributed by atoms with Crippen LogP contribution in [0.4, 0.5) is 0 Å². The second kappa shape index (κ2) is 8.26. The van der Waals surface area contributed by atoms with Crippen LogP contribution >= 0.6 is 12.9 Å². The van der Waals surface area contributed by atoms with Gasteiger partial charge in [0, 0.05) is 5.92 Å². The molecule has 0 fully saturated rings. The Hall–Kier alpha value is -1.25. The lowest BCUT2D eigenvalue weighted by Crippen LogP contribution is -2.05. The highest BCUT2D eigenvalue weighted by Crippen LogP contribution is 2.24. The van der Waals surface area contributed by atoms with Crippen molar-refractivity contribution in [1.29, 1.82) is 0 Å². The highest BCUT2D eigenvalue weighted by molar-refractivity contribution is 7.75. The van der Waals surface area contributed by atoms with Crippen molar-refractivity contribution in [2.45, 2.75) is 39.0 Å². The van der Waals surface area contributed by atoms with Crippen LogP contribution in [-0.4, -0.2) is 6.61 Å². The van der Waals surface area contributed by atoms with Crippen LogP contribution in [0.3, 0.4) is 0 Å². The average molecular weight is 300 g/mol. The lowest BCUT2D eigenvalue weighted by atomic mass is 9.92. The first-order valence-electron chi connectivity index (χ1n) is 7.57. The van der Waals surface area contributed by atoms with E-state index in [0.29, 0.717) is 12.5 Å². The van der Waals surface area contributed by atoms with Crippen molar-refractivity contribution in [3.8, 4) is 0 Å². The molecule has 0 radical (unpaired) electrons. The molecule has 0 heterocycles. The van der Waals surface area contributed by atoms with Crippen molar-refractivity contribution in [3.05, 3.63) is 70.8 Å². The van der Waals surface area contributed by atoms with E-state index < -0.39 is 0 Å². The Labute approximate surface area is 134 Å². The summed E-state index contributed by atoms with van der Waals surface area (Å²) in [5.74, 6) is 0.425. The van der Waals surface area contributed by atoms with Crippen LogP contribution in [0.2, 0.25) is 0 Å². The minimum Gasteiger partial charge on any atom is -0.318 e. The summed E-state index contributed by atoms with van der Waals surface area (Å²) < 4.78 is 5.10. The number of hydrogen-bond acceptors (Lipinski definition) is 2. The molecular weight excluding hydrogens is 276 g/mol. The van der Waals surface area contributed by atoms with E-state index in [2.05, 4.69) is 75.3 Å². The van der Waals surface area contributed by atoms with Gasteiger partial charge in [0.25, 0.3) is 0 Å². The van der Waals surface area contributed by atoms with E-state index in [-0.39, 0.29) is 0 Å². The van der Waals surface area contributed by atoms with Gasteiger partial charge in [-0.25, -0.2) is 0 Å². The minimum atomic E-state index is 0.425. The predicted octanol–water partition coefficient (Wildman–Crippen LogP) is 5.27. The standard InChI is InChI=1S/C19H24OS/c1-15-6-10-17(11-7-15)4-3-5-19(14-20-21)18-12-8-16(2)9-13-18/h6-13,19,21H,3-5,14H2,1-2H3. The van der Waals surface area contributed by atoms with Crippen LogP contribution in [0.25, 0.3) is 0 Å². The molecule has 0 aromatic heterocycles. The van der Waals surface area contributed by atoms with Gasteiger partial charge in [0.05, 0.1) is 6.61 Å². The zero-order valence-electron chi connectivity index (χ0n) is 12.9. The maximum atomic E-state index is 5.10. The summed E-state index contributed by atoms with van der Waals surface area (Å²) in [6.07, 6.45) is 3.41. The van der Waals surface area contributed by atoms with E-state index in [1.165, 1.54) is 28.7 Å². The van der Waals surface area contributed by atoms with Gasteiger partial charge >= 0.3 is 0 Å². The predicted molar refractivity (Wildman–Crippen MR) is 93.0 cm³/mol. The van der Waals surface area contributed by atoms with Crippen molar-refractivity contribution in [2.75, 3.05) is 6.61 Å². The van der Waals surface area contributed by atoms with Gasteiger partial charge in [-0.3, -0.25) is 0 Å². The summed E-state index contributed by atoms with van der Waals surface area (Å²) in [6, 6.07) is 17.6. The van der Waals surface area contributed by atoms with Gasteiger partial charge in [-0.1, -0.05) is 59.7 Å². The van der Waals surface area contributed by atoms with Gasteiger partial charge in [-0.15, -0.1) is 0 Å². The lowest BCUT2D eigenvalue weighted by Gasteiger charge is -2.16. The molecule has 0 bridgehead atoms. The van der Waals surface area contributed by atoms with Gasteiger partial charge in [-0.2, -0.15) is 0 Å². The normalized spacial score (nSPS) is 12.3. The van der Waals surface area contributed by atoms with Crippen LogP contribution in [0, 0.1) is 13.8 Å². The number of rotatable bonds is 7. The van der Waals surface area contributed by atoms with Crippen LogP contribution < -0.4 is 0 Å². The quantitative estimate of drug-likeness (QED) is 0.541. The number of aryl methyl sites for hydroxylation is 3. The van der Waals surface area contributed by atoms with E-state index in [4.69, 9.17) is 4.18 Å². The van der Waals surface area contributed by atoms with E-state index in [0.717, 1.165) is 12.8 Å².